The lowest BCUT2D eigenvalue weighted by molar-refractivity contribution is -0.142. The van der Waals surface area contributed by atoms with E-state index in [2.05, 4.69) is 5.32 Å². The van der Waals surface area contributed by atoms with E-state index in [9.17, 15) is 9.59 Å². The summed E-state index contributed by atoms with van der Waals surface area (Å²) in [7, 11) is 0. The molecular formula is C15H18ClNO4. The summed E-state index contributed by atoms with van der Waals surface area (Å²) in [5.74, 6) is -1.22. The van der Waals surface area contributed by atoms with E-state index in [1.807, 2.05) is 0 Å². The summed E-state index contributed by atoms with van der Waals surface area (Å²) in [6, 6.07) is 5.79. The van der Waals surface area contributed by atoms with Gasteiger partial charge in [0.15, 0.2) is 6.10 Å². The Morgan fingerprint density at radius 1 is 1.43 bits per heavy atom. The van der Waals surface area contributed by atoms with Gasteiger partial charge in [-0.25, -0.2) is 4.79 Å². The minimum atomic E-state index is -1.09. The summed E-state index contributed by atoms with van der Waals surface area (Å²) in [6.45, 7) is 3.32. The molecule has 0 bridgehead atoms. The maximum absolute atomic E-state index is 12.0. The highest BCUT2D eigenvalue weighted by Crippen LogP contribution is 2.24. The highest BCUT2D eigenvalue weighted by atomic mass is 35.5. The Labute approximate surface area is 128 Å². The number of carbonyl (C=O) groups is 2. The van der Waals surface area contributed by atoms with Crippen LogP contribution in [0.5, 0.6) is 5.75 Å². The summed E-state index contributed by atoms with van der Waals surface area (Å²) < 4.78 is 5.44. The van der Waals surface area contributed by atoms with Crippen molar-refractivity contribution < 1.29 is 19.4 Å². The number of hydrogen-bond donors (Lipinski definition) is 2. The molecule has 0 saturated heterocycles. The van der Waals surface area contributed by atoms with E-state index in [0.29, 0.717) is 10.8 Å². The second-order valence-corrected chi connectivity index (χ2v) is 4.80. The van der Waals surface area contributed by atoms with Crippen LogP contribution < -0.4 is 10.1 Å². The third-order valence-corrected chi connectivity index (χ3v) is 3.04. The number of hydrogen-bond acceptors (Lipinski definition) is 3. The molecule has 1 rings (SSSR count). The van der Waals surface area contributed by atoms with Crippen LogP contribution in [0.25, 0.3) is 0 Å². The second kappa shape index (κ2) is 8.32. The molecular weight excluding hydrogens is 294 g/mol. The summed E-state index contributed by atoms with van der Waals surface area (Å²) in [5, 5.41) is 11.9. The van der Waals surface area contributed by atoms with Crippen LogP contribution in [0.3, 0.4) is 0 Å². The molecule has 0 aliphatic carbocycles. The van der Waals surface area contributed by atoms with Crippen molar-refractivity contribution >= 4 is 23.5 Å². The molecule has 0 spiro atoms. The SMILES string of the molecule is C/C=C/CC(NC(=O)C(C)Oc1ccccc1Cl)C(=O)O. The Morgan fingerprint density at radius 3 is 2.67 bits per heavy atom. The standard InChI is InChI=1S/C15H18ClNO4/c1-3-4-8-12(15(19)20)17-14(18)10(2)21-13-9-6-5-7-11(13)16/h3-7,9-10,12H,8H2,1-2H3,(H,17,18)(H,19,20)/b4-3+. The van der Waals surface area contributed by atoms with Gasteiger partial charge in [-0.1, -0.05) is 35.9 Å². The maximum Gasteiger partial charge on any atom is 0.326 e. The summed E-state index contributed by atoms with van der Waals surface area (Å²) in [4.78, 5) is 23.0. The number of carboxylic acid groups (broad SMARTS) is 1. The maximum atomic E-state index is 12.0. The van der Waals surface area contributed by atoms with E-state index in [1.54, 1.807) is 43.3 Å². The van der Waals surface area contributed by atoms with Crippen LogP contribution in [-0.2, 0) is 9.59 Å². The van der Waals surface area contributed by atoms with Crippen LogP contribution in [0.2, 0.25) is 5.02 Å². The first-order chi connectivity index (χ1) is 9.95. The van der Waals surface area contributed by atoms with Crippen molar-refractivity contribution in [3.63, 3.8) is 0 Å². The van der Waals surface area contributed by atoms with Gasteiger partial charge in [0.05, 0.1) is 5.02 Å². The summed E-state index contributed by atoms with van der Waals surface area (Å²) in [5.41, 5.74) is 0. The van der Waals surface area contributed by atoms with Gasteiger partial charge in [0.1, 0.15) is 11.8 Å². The fraction of sp³-hybridized carbons (Fsp3) is 0.333. The van der Waals surface area contributed by atoms with Gasteiger partial charge in [0.25, 0.3) is 5.91 Å². The molecule has 2 unspecified atom stereocenters. The third-order valence-electron chi connectivity index (χ3n) is 2.73. The van der Waals surface area contributed by atoms with Gasteiger partial charge in [0.2, 0.25) is 0 Å². The number of allylic oxidation sites excluding steroid dienone is 1. The predicted octanol–water partition coefficient (Wildman–Crippen LogP) is 2.64. The quantitative estimate of drug-likeness (QED) is 0.759. The van der Waals surface area contributed by atoms with Gasteiger partial charge < -0.3 is 15.2 Å². The van der Waals surface area contributed by atoms with E-state index < -0.39 is 24.0 Å². The average molecular weight is 312 g/mol. The molecule has 2 atom stereocenters. The summed E-state index contributed by atoms with van der Waals surface area (Å²) in [6.07, 6.45) is 2.78. The Morgan fingerprint density at radius 2 is 2.10 bits per heavy atom. The molecule has 0 saturated carbocycles. The van der Waals surface area contributed by atoms with Crippen LogP contribution >= 0.6 is 11.6 Å². The Bertz CT molecular complexity index is 530. The Kier molecular flexibility index (Phi) is 6.75. The fourth-order valence-corrected chi connectivity index (χ4v) is 1.75. The number of para-hydroxylation sites is 1. The smallest absolute Gasteiger partial charge is 0.326 e. The zero-order valence-electron chi connectivity index (χ0n) is 11.9. The van der Waals surface area contributed by atoms with Crippen molar-refractivity contribution in [2.24, 2.45) is 0 Å². The van der Waals surface area contributed by atoms with Gasteiger partial charge in [0, 0.05) is 0 Å². The number of halogens is 1. The number of ether oxygens (including phenoxy) is 1. The predicted molar refractivity (Wildman–Crippen MR) is 80.5 cm³/mol. The van der Waals surface area contributed by atoms with Crippen LogP contribution in [0.15, 0.2) is 36.4 Å². The molecule has 0 radical (unpaired) electrons. The minimum Gasteiger partial charge on any atom is -0.480 e. The van der Waals surface area contributed by atoms with Crippen LogP contribution in [-0.4, -0.2) is 29.1 Å². The molecule has 0 heterocycles. The molecule has 1 aromatic carbocycles. The molecule has 21 heavy (non-hydrogen) atoms. The third kappa shape index (κ3) is 5.47. The lowest BCUT2D eigenvalue weighted by Crippen LogP contribution is -2.46. The van der Waals surface area contributed by atoms with Gasteiger partial charge in [-0.15, -0.1) is 0 Å². The number of nitrogens with one attached hydrogen (secondary N) is 1. The van der Waals surface area contributed by atoms with E-state index >= 15 is 0 Å². The van der Waals surface area contributed by atoms with Crippen LogP contribution in [0.4, 0.5) is 0 Å². The molecule has 0 aliphatic rings. The van der Waals surface area contributed by atoms with Gasteiger partial charge in [-0.2, -0.15) is 0 Å². The monoisotopic (exact) mass is 311 g/mol. The number of carboxylic acids is 1. The first kappa shape index (κ1) is 17.0. The largest absolute Gasteiger partial charge is 0.480 e. The molecule has 1 aromatic rings. The van der Waals surface area contributed by atoms with Gasteiger partial charge in [-0.05, 0) is 32.4 Å². The first-order valence-electron chi connectivity index (χ1n) is 6.51. The summed E-state index contributed by atoms with van der Waals surface area (Å²) >= 11 is 5.94. The van der Waals surface area contributed by atoms with Crippen molar-refractivity contribution in [3.8, 4) is 5.75 Å². The topological polar surface area (TPSA) is 75.6 Å². The van der Waals surface area contributed by atoms with Gasteiger partial charge in [-0.3, -0.25) is 4.79 Å². The highest BCUT2D eigenvalue weighted by molar-refractivity contribution is 6.32. The number of aliphatic carboxylic acids is 1. The molecule has 0 fully saturated rings. The fourth-order valence-electron chi connectivity index (χ4n) is 1.57. The van der Waals surface area contributed by atoms with Crippen molar-refractivity contribution in [1.29, 1.82) is 0 Å². The van der Waals surface area contributed by atoms with E-state index in [1.165, 1.54) is 6.92 Å². The zero-order valence-corrected chi connectivity index (χ0v) is 12.6. The highest BCUT2D eigenvalue weighted by Gasteiger charge is 2.23. The van der Waals surface area contributed by atoms with Crippen LogP contribution in [0, 0.1) is 0 Å². The lowest BCUT2D eigenvalue weighted by Gasteiger charge is -2.18. The minimum absolute atomic E-state index is 0.219. The van der Waals surface area contributed by atoms with Gasteiger partial charge >= 0.3 is 5.97 Å². The molecule has 1 amide bonds. The van der Waals surface area contributed by atoms with Crippen molar-refractivity contribution in [2.45, 2.75) is 32.4 Å². The van der Waals surface area contributed by atoms with E-state index in [4.69, 9.17) is 21.4 Å². The molecule has 0 aliphatic heterocycles. The zero-order chi connectivity index (χ0) is 15.8. The van der Waals surface area contributed by atoms with Crippen molar-refractivity contribution in [1.82, 2.24) is 5.32 Å². The Balaban J connectivity index is 2.65. The number of benzene rings is 1. The van der Waals surface area contributed by atoms with Crippen LogP contribution in [0.1, 0.15) is 20.3 Å². The Hall–Kier alpha value is -2.01. The molecule has 6 heteroatoms. The van der Waals surface area contributed by atoms with Crippen molar-refractivity contribution in [2.75, 3.05) is 0 Å². The number of carbonyl (C=O) groups excluding carboxylic acids is 1. The second-order valence-electron chi connectivity index (χ2n) is 4.39. The molecule has 114 valence electrons. The van der Waals surface area contributed by atoms with E-state index in [-0.39, 0.29) is 6.42 Å². The molecule has 5 nitrogen and oxygen atoms in total. The molecule has 0 aromatic heterocycles. The normalized spacial score (nSPS) is 13.7. The van der Waals surface area contributed by atoms with E-state index in [0.717, 1.165) is 0 Å². The van der Waals surface area contributed by atoms with Crippen molar-refractivity contribution in [3.05, 3.63) is 41.4 Å². The first-order valence-corrected chi connectivity index (χ1v) is 6.89. The molecule has 2 N–H and O–H groups in total. The average Bonchev–Trinajstić information content (AvgIpc) is 2.45. The number of rotatable bonds is 7. The number of amides is 1. The lowest BCUT2D eigenvalue weighted by atomic mass is 10.2.